The maximum absolute atomic E-state index is 16.3. The first-order valence-corrected chi connectivity index (χ1v) is 12.5. The van der Waals surface area contributed by atoms with Crippen LogP contribution in [0.5, 0.6) is 11.5 Å². The third-order valence-electron chi connectivity index (χ3n) is 6.28. The number of rotatable bonds is 8. The van der Waals surface area contributed by atoms with E-state index in [-0.39, 0.29) is 5.82 Å². The monoisotopic (exact) mass is 487 g/mol. The van der Waals surface area contributed by atoms with E-state index in [1.54, 1.807) is 6.07 Å². The molecular weight excluding hydrogens is 459 g/mol. The highest BCUT2D eigenvalue weighted by Gasteiger charge is 2.18. The van der Waals surface area contributed by atoms with Crippen LogP contribution in [0.15, 0.2) is 109 Å². The lowest BCUT2D eigenvalue weighted by molar-refractivity contribution is 0.340. The van der Waals surface area contributed by atoms with Gasteiger partial charge in [0.15, 0.2) is 0 Å². The van der Waals surface area contributed by atoms with Crippen LogP contribution in [0, 0.1) is 11.9 Å². The summed E-state index contributed by atoms with van der Waals surface area (Å²) < 4.78 is 27.5. The van der Waals surface area contributed by atoms with Gasteiger partial charge in [-0.2, -0.15) is 0 Å². The van der Waals surface area contributed by atoms with Crippen molar-refractivity contribution in [3.63, 3.8) is 0 Å². The van der Waals surface area contributed by atoms with E-state index in [1.807, 2.05) is 92.7 Å². The molecule has 0 bridgehead atoms. The summed E-state index contributed by atoms with van der Waals surface area (Å²) in [5, 5.41) is 0. The minimum Gasteiger partial charge on any atom is -0.494 e. The van der Waals surface area contributed by atoms with Crippen LogP contribution in [0.1, 0.15) is 13.8 Å². The molecule has 5 aromatic rings. The molecule has 0 atom stereocenters. The first-order valence-electron chi connectivity index (χ1n) is 12.5. The average Bonchev–Trinajstić information content (AvgIpc) is 2.95. The molecule has 3 heteroatoms. The van der Waals surface area contributed by atoms with Gasteiger partial charge in [0, 0.05) is 16.7 Å². The van der Waals surface area contributed by atoms with Crippen molar-refractivity contribution in [1.29, 1.82) is 0 Å². The topological polar surface area (TPSA) is 18.5 Å². The van der Waals surface area contributed by atoms with E-state index in [2.05, 4.69) is 30.3 Å². The van der Waals surface area contributed by atoms with Crippen molar-refractivity contribution in [2.24, 2.45) is 0 Å². The van der Waals surface area contributed by atoms with Gasteiger partial charge in [-0.25, -0.2) is 4.39 Å². The molecule has 0 heterocycles. The number of ether oxygens (including phenoxy) is 2. The van der Waals surface area contributed by atoms with E-state index in [9.17, 15) is 0 Å². The Morgan fingerprint density at radius 3 is 1.62 bits per heavy atom. The summed E-state index contributed by atoms with van der Waals surface area (Å²) in [6, 6.07) is 38.6. The minimum atomic E-state index is -0.283. The third kappa shape index (κ3) is 5.26. The van der Waals surface area contributed by atoms with Crippen molar-refractivity contribution in [2.45, 2.75) is 13.8 Å². The molecule has 37 heavy (non-hydrogen) atoms. The van der Waals surface area contributed by atoms with Crippen molar-refractivity contribution >= 4 is 0 Å². The first kappa shape index (κ1) is 24.3. The SMILES string of the molecule is CCOc1ccc(-c2c[c]c(-c3ccc(-c4ccccc4)cc3)c(-c3ccc(OCC)cc3)c2F)cc1. The normalized spacial score (nSPS) is 10.8. The van der Waals surface area contributed by atoms with Gasteiger partial charge in [-0.15, -0.1) is 0 Å². The molecular formula is C34H28FO2. The zero-order chi connectivity index (χ0) is 25.6. The Hall–Kier alpha value is -4.37. The van der Waals surface area contributed by atoms with Crippen LogP contribution in [-0.4, -0.2) is 13.2 Å². The molecule has 0 aliphatic heterocycles. The maximum Gasteiger partial charge on any atom is 0.139 e. The van der Waals surface area contributed by atoms with Gasteiger partial charge in [-0.3, -0.25) is 0 Å². The first-order chi connectivity index (χ1) is 18.2. The Labute approximate surface area is 218 Å². The van der Waals surface area contributed by atoms with E-state index in [0.29, 0.717) is 24.3 Å². The largest absolute Gasteiger partial charge is 0.494 e. The zero-order valence-electron chi connectivity index (χ0n) is 21.0. The second kappa shape index (κ2) is 11.1. The Kier molecular flexibility index (Phi) is 7.32. The highest BCUT2D eigenvalue weighted by atomic mass is 19.1. The van der Waals surface area contributed by atoms with Crippen LogP contribution in [-0.2, 0) is 0 Å². The number of hydrogen-bond acceptors (Lipinski definition) is 2. The van der Waals surface area contributed by atoms with Gasteiger partial charge in [0.05, 0.1) is 13.2 Å². The summed E-state index contributed by atoms with van der Waals surface area (Å²) in [7, 11) is 0. The zero-order valence-corrected chi connectivity index (χ0v) is 21.0. The van der Waals surface area contributed by atoms with Gasteiger partial charge in [0.2, 0.25) is 0 Å². The van der Waals surface area contributed by atoms with Gasteiger partial charge in [-0.05, 0) is 78.1 Å². The van der Waals surface area contributed by atoms with E-state index in [4.69, 9.17) is 9.47 Å². The second-order valence-electron chi connectivity index (χ2n) is 8.62. The molecule has 0 aromatic heterocycles. The Morgan fingerprint density at radius 2 is 1.05 bits per heavy atom. The molecule has 0 aliphatic rings. The maximum atomic E-state index is 16.3. The van der Waals surface area contributed by atoms with Gasteiger partial charge in [0.1, 0.15) is 17.3 Å². The molecule has 183 valence electrons. The molecule has 5 aromatic carbocycles. The molecule has 0 amide bonds. The molecule has 2 nitrogen and oxygen atoms in total. The standard InChI is InChI=1S/C34H28FO2/c1-3-36-29-18-14-27(15-19-29)32-23-22-31(26-12-10-25(11-13-26)24-8-6-5-7-9-24)33(34(32)35)28-16-20-30(21-17-28)37-4-2/h5-21,23H,3-4H2,1-2H3. The highest BCUT2D eigenvalue weighted by molar-refractivity contribution is 5.88. The highest BCUT2D eigenvalue weighted by Crippen LogP contribution is 2.40. The van der Waals surface area contributed by atoms with Crippen molar-refractivity contribution in [2.75, 3.05) is 13.2 Å². The van der Waals surface area contributed by atoms with Crippen LogP contribution in [0.4, 0.5) is 4.39 Å². The molecule has 0 aliphatic carbocycles. The van der Waals surface area contributed by atoms with E-state index >= 15 is 4.39 Å². The lowest BCUT2D eigenvalue weighted by Gasteiger charge is -2.16. The molecule has 0 saturated carbocycles. The third-order valence-corrected chi connectivity index (χ3v) is 6.28. The fourth-order valence-electron chi connectivity index (χ4n) is 4.47. The van der Waals surface area contributed by atoms with Crippen molar-refractivity contribution in [1.82, 2.24) is 0 Å². The fraction of sp³-hybridized carbons (Fsp3) is 0.118. The minimum absolute atomic E-state index is 0.283. The van der Waals surface area contributed by atoms with Crippen LogP contribution < -0.4 is 9.47 Å². The lowest BCUT2D eigenvalue weighted by atomic mass is 9.89. The number of halogens is 1. The lowest BCUT2D eigenvalue weighted by Crippen LogP contribution is -1.96. The quantitative estimate of drug-likeness (QED) is 0.217. The van der Waals surface area contributed by atoms with Crippen LogP contribution >= 0.6 is 0 Å². The van der Waals surface area contributed by atoms with Crippen LogP contribution in [0.3, 0.4) is 0 Å². The van der Waals surface area contributed by atoms with Gasteiger partial charge in [0.25, 0.3) is 0 Å². The van der Waals surface area contributed by atoms with Gasteiger partial charge < -0.3 is 9.47 Å². The predicted molar refractivity (Wildman–Crippen MR) is 149 cm³/mol. The smallest absolute Gasteiger partial charge is 0.139 e. The van der Waals surface area contributed by atoms with Crippen molar-refractivity contribution in [3.8, 4) is 56.0 Å². The van der Waals surface area contributed by atoms with E-state index < -0.39 is 0 Å². The molecule has 0 saturated heterocycles. The van der Waals surface area contributed by atoms with Crippen LogP contribution in [0.2, 0.25) is 0 Å². The summed E-state index contributed by atoms with van der Waals surface area (Å²) >= 11 is 0. The summed E-state index contributed by atoms with van der Waals surface area (Å²) in [5.74, 6) is 1.23. The van der Waals surface area contributed by atoms with Crippen molar-refractivity contribution in [3.05, 3.63) is 121 Å². The Morgan fingerprint density at radius 1 is 0.568 bits per heavy atom. The fourth-order valence-corrected chi connectivity index (χ4v) is 4.47. The molecule has 0 N–H and O–H groups in total. The summed E-state index contributed by atoms with van der Waals surface area (Å²) in [6.07, 6.45) is 0. The molecule has 5 rings (SSSR count). The summed E-state index contributed by atoms with van der Waals surface area (Å²) in [4.78, 5) is 0. The summed E-state index contributed by atoms with van der Waals surface area (Å²) in [5.41, 5.74) is 6.43. The number of hydrogen-bond donors (Lipinski definition) is 0. The van der Waals surface area contributed by atoms with Gasteiger partial charge >= 0.3 is 0 Å². The van der Waals surface area contributed by atoms with E-state index in [0.717, 1.165) is 44.9 Å². The molecule has 0 spiro atoms. The molecule has 0 unspecified atom stereocenters. The summed E-state index contributed by atoms with van der Waals surface area (Å²) in [6.45, 7) is 5.05. The molecule has 0 fully saturated rings. The Bertz CT molecular complexity index is 1460. The van der Waals surface area contributed by atoms with Gasteiger partial charge in [-0.1, -0.05) is 78.9 Å². The average molecular weight is 488 g/mol. The van der Waals surface area contributed by atoms with Crippen LogP contribution in [0.25, 0.3) is 44.5 Å². The second-order valence-corrected chi connectivity index (χ2v) is 8.62. The Balaban J connectivity index is 1.61. The number of benzene rings is 5. The predicted octanol–water partition coefficient (Wildman–Crippen LogP) is 9.09. The molecule has 1 radical (unpaired) electrons. The van der Waals surface area contributed by atoms with E-state index in [1.165, 1.54) is 0 Å². The van der Waals surface area contributed by atoms with Crippen molar-refractivity contribution < 1.29 is 13.9 Å².